The zero-order valence-corrected chi connectivity index (χ0v) is 19.1. The van der Waals surface area contributed by atoms with Gasteiger partial charge in [0.2, 0.25) is 5.69 Å². The van der Waals surface area contributed by atoms with Crippen LogP contribution in [0.3, 0.4) is 0 Å². The van der Waals surface area contributed by atoms with Gasteiger partial charge in [-0.3, -0.25) is 10.0 Å². The van der Waals surface area contributed by atoms with Crippen LogP contribution in [0.5, 0.6) is 0 Å². The second kappa shape index (κ2) is 9.04. The fraction of sp³-hybridized carbons (Fsp3) is 0.500. The van der Waals surface area contributed by atoms with Crippen LogP contribution in [0, 0.1) is 17.2 Å². The number of pyridine rings is 1. The summed E-state index contributed by atoms with van der Waals surface area (Å²) in [5.41, 5.74) is 2.43. The van der Waals surface area contributed by atoms with Gasteiger partial charge < -0.3 is 20.8 Å². The first-order valence-corrected chi connectivity index (χ1v) is 12.1. The van der Waals surface area contributed by atoms with Crippen LogP contribution in [0.2, 0.25) is 0 Å². The number of amides is 1. The van der Waals surface area contributed by atoms with E-state index in [-0.39, 0.29) is 5.69 Å². The predicted molar refractivity (Wildman–Crippen MR) is 124 cm³/mol. The molecular formula is C26H33N4O3+. The van der Waals surface area contributed by atoms with Crippen LogP contribution in [0.25, 0.3) is 0 Å². The molecule has 4 aliphatic rings. The van der Waals surface area contributed by atoms with Crippen molar-refractivity contribution in [1.82, 2.24) is 10.6 Å². The molecule has 0 aliphatic heterocycles. The van der Waals surface area contributed by atoms with Crippen molar-refractivity contribution in [2.45, 2.75) is 63.3 Å². The standard InChI is InChI=1S/C26H32N4O3/c1-33-25-14-21(27)19(15-28-20-11-9-17(10-12-20)16-5-6-16)13-22(25)29-26(31)24-4-2-3-23(30(24)32)18-7-8-18/h2-4,13-18,20,27,31-32H,5-12H2,1H3/p+1/t17-,20-. The minimum Gasteiger partial charge on any atom is -0.494 e. The number of nitrogens with one attached hydrogen (secondary N) is 3. The smallest absolute Gasteiger partial charge is 0.325 e. The molecule has 3 saturated carbocycles. The third kappa shape index (κ3) is 4.82. The zero-order chi connectivity index (χ0) is 22.9. The maximum absolute atomic E-state index is 13.0. The Morgan fingerprint density at radius 3 is 2.42 bits per heavy atom. The summed E-state index contributed by atoms with van der Waals surface area (Å²) in [6.45, 7) is 0. The highest BCUT2D eigenvalue weighted by Crippen LogP contribution is 2.43. The molecule has 0 saturated heterocycles. The number of ether oxygens (including phenoxy) is 1. The Morgan fingerprint density at radius 2 is 1.79 bits per heavy atom. The van der Waals surface area contributed by atoms with E-state index in [1.807, 2.05) is 12.3 Å². The second-order valence-electron chi connectivity index (χ2n) is 9.78. The van der Waals surface area contributed by atoms with Gasteiger partial charge in [0.05, 0.1) is 18.5 Å². The number of aromatic nitrogens is 1. The van der Waals surface area contributed by atoms with Crippen LogP contribution < -0.4 is 15.4 Å². The topological polar surface area (TPSA) is 98.3 Å². The summed E-state index contributed by atoms with van der Waals surface area (Å²) < 4.78 is 6.41. The van der Waals surface area contributed by atoms with Gasteiger partial charge >= 0.3 is 11.6 Å². The Kier molecular flexibility index (Phi) is 5.96. The van der Waals surface area contributed by atoms with E-state index in [4.69, 9.17) is 10.1 Å². The molecule has 174 valence electrons. The van der Waals surface area contributed by atoms with E-state index in [0.717, 1.165) is 35.1 Å². The van der Waals surface area contributed by atoms with E-state index in [9.17, 15) is 10.0 Å². The maximum Gasteiger partial charge on any atom is 0.325 e. The number of nitrogens with zero attached hydrogens (tertiary/aromatic N) is 1. The molecule has 7 heteroatoms. The molecule has 1 aromatic heterocycles. The average Bonchev–Trinajstić information content (AvgIpc) is 3.72. The number of hydrogen-bond donors (Lipinski definition) is 4. The first kappa shape index (κ1) is 21.7. The highest BCUT2D eigenvalue weighted by atomic mass is 16.5. The lowest BCUT2D eigenvalue weighted by Crippen LogP contribution is -2.45. The fourth-order valence-electron chi connectivity index (χ4n) is 5.08. The van der Waals surface area contributed by atoms with Crippen LogP contribution in [0.1, 0.15) is 73.5 Å². The number of carbonyl (C=O) groups is 1. The van der Waals surface area contributed by atoms with Crippen LogP contribution in [0.15, 0.2) is 53.6 Å². The number of allylic oxidation sites excluding steroid dienone is 3. The summed E-state index contributed by atoms with van der Waals surface area (Å²) in [5.74, 6) is 2.19. The van der Waals surface area contributed by atoms with E-state index in [2.05, 4.69) is 10.6 Å². The average molecular weight is 450 g/mol. The predicted octanol–water partition coefficient (Wildman–Crippen LogP) is 3.71. The van der Waals surface area contributed by atoms with Crippen LogP contribution >= 0.6 is 0 Å². The SMILES string of the molecule is COC1=CC(=N)/C(=C\N[C@H]2CC[C@H](C3CC3)CC2)C=C1NC(=O)c1cccc(C2CC2)[n+]1O. The molecule has 7 nitrogen and oxygen atoms in total. The molecule has 1 heterocycles. The summed E-state index contributed by atoms with van der Waals surface area (Å²) >= 11 is 0. The summed E-state index contributed by atoms with van der Waals surface area (Å²) in [6, 6.07) is 5.67. The Morgan fingerprint density at radius 1 is 1.09 bits per heavy atom. The van der Waals surface area contributed by atoms with Crippen molar-refractivity contribution in [2.24, 2.45) is 11.8 Å². The number of methoxy groups -OCH3 is 1. The van der Waals surface area contributed by atoms with Gasteiger partial charge in [0.25, 0.3) is 0 Å². The number of carbonyl (C=O) groups excluding carboxylic acids is 1. The van der Waals surface area contributed by atoms with Crippen LogP contribution in [0.4, 0.5) is 0 Å². The normalized spacial score (nSPS) is 26.5. The van der Waals surface area contributed by atoms with E-state index in [1.54, 1.807) is 24.3 Å². The molecule has 3 fully saturated rings. The lowest BCUT2D eigenvalue weighted by molar-refractivity contribution is -0.910. The van der Waals surface area contributed by atoms with Crippen molar-refractivity contribution in [3.05, 3.63) is 65.0 Å². The molecule has 0 unspecified atom stereocenters. The molecule has 5 rings (SSSR count). The van der Waals surface area contributed by atoms with Gasteiger partial charge in [-0.25, -0.2) is 0 Å². The van der Waals surface area contributed by atoms with E-state index in [1.165, 1.54) is 45.6 Å². The van der Waals surface area contributed by atoms with Crippen molar-refractivity contribution in [3.63, 3.8) is 0 Å². The summed E-state index contributed by atoms with van der Waals surface area (Å²) in [5, 5.41) is 25.3. The quantitative estimate of drug-likeness (QED) is 0.377. The van der Waals surface area contributed by atoms with Gasteiger partial charge in [-0.05, 0) is 75.3 Å². The molecule has 1 aromatic rings. The van der Waals surface area contributed by atoms with Gasteiger partial charge in [0, 0.05) is 46.7 Å². The Labute approximate surface area is 194 Å². The van der Waals surface area contributed by atoms with Crippen LogP contribution in [-0.2, 0) is 4.74 Å². The largest absolute Gasteiger partial charge is 0.494 e. The van der Waals surface area contributed by atoms with E-state index >= 15 is 0 Å². The molecule has 0 radical (unpaired) electrons. The van der Waals surface area contributed by atoms with Crippen molar-refractivity contribution < 1.29 is 19.5 Å². The Bertz CT molecular complexity index is 1040. The van der Waals surface area contributed by atoms with Gasteiger partial charge in [-0.1, -0.05) is 0 Å². The number of rotatable bonds is 7. The third-order valence-corrected chi connectivity index (χ3v) is 7.38. The van der Waals surface area contributed by atoms with Gasteiger partial charge in [0.1, 0.15) is 5.76 Å². The molecule has 0 bridgehead atoms. The molecule has 33 heavy (non-hydrogen) atoms. The summed E-state index contributed by atoms with van der Waals surface area (Å²) in [4.78, 5) is 13.0. The van der Waals surface area contributed by atoms with E-state index < -0.39 is 5.91 Å². The van der Waals surface area contributed by atoms with Gasteiger partial charge in [-0.2, -0.15) is 0 Å². The second-order valence-corrected chi connectivity index (χ2v) is 9.78. The lowest BCUT2D eigenvalue weighted by Gasteiger charge is -2.29. The summed E-state index contributed by atoms with van der Waals surface area (Å²) in [7, 11) is 1.52. The molecule has 4 aliphatic carbocycles. The molecule has 0 spiro atoms. The van der Waals surface area contributed by atoms with Crippen molar-refractivity contribution in [1.29, 1.82) is 5.41 Å². The molecule has 1 amide bonds. The van der Waals surface area contributed by atoms with Gasteiger partial charge in [0.15, 0.2) is 0 Å². The van der Waals surface area contributed by atoms with E-state index in [0.29, 0.717) is 34.7 Å². The van der Waals surface area contributed by atoms with Gasteiger partial charge in [-0.15, -0.1) is 0 Å². The highest BCUT2D eigenvalue weighted by Gasteiger charge is 2.36. The zero-order valence-electron chi connectivity index (χ0n) is 19.1. The molecular weight excluding hydrogens is 416 g/mol. The molecule has 4 N–H and O–H groups in total. The van der Waals surface area contributed by atoms with Crippen LogP contribution in [-0.4, -0.2) is 30.0 Å². The van der Waals surface area contributed by atoms with Crippen molar-refractivity contribution in [3.8, 4) is 0 Å². The molecule has 0 aromatic carbocycles. The molecule has 0 atom stereocenters. The third-order valence-electron chi connectivity index (χ3n) is 7.38. The monoisotopic (exact) mass is 449 g/mol. The minimum atomic E-state index is -0.423. The lowest BCUT2D eigenvalue weighted by atomic mass is 9.83. The minimum absolute atomic E-state index is 0.174. The fourth-order valence-corrected chi connectivity index (χ4v) is 5.08. The van der Waals surface area contributed by atoms with Crippen molar-refractivity contribution in [2.75, 3.05) is 7.11 Å². The Balaban J connectivity index is 1.28. The Hall–Kier alpha value is -3.09. The highest BCUT2D eigenvalue weighted by molar-refractivity contribution is 6.10. The number of hydrogen-bond acceptors (Lipinski definition) is 5. The van der Waals surface area contributed by atoms with Crippen molar-refractivity contribution >= 4 is 11.6 Å². The summed E-state index contributed by atoms with van der Waals surface area (Å²) in [6.07, 6.45) is 15.0. The first-order chi connectivity index (χ1) is 16.0. The maximum atomic E-state index is 13.0. The first-order valence-electron chi connectivity index (χ1n) is 12.1.